The lowest BCUT2D eigenvalue weighted by atomic mass is 9.85. The van der Waals surface area contributed by atoms with Crippen LogP contribution in [0.4, 0.5) is 0 Å². The highest BCUT2D eigenvalue weighted by Crippen LogP contribution is 2.40. The molecule has 1 aromatic rings. The number of hydrogen-bond acceptors (Lipinski definition) is 3. The summed E-state index contributed by atoms with van der Waals surface area (Å²) in [6, 6.07) is 8.82. The quantitative estimate of drug-likeness (QED) is 0.810. The Kier molecular flexibility index (Phi) is 4.51. The second-order valence-electron chi connectivity index (χ2n) is 6.72. The summed E-state index contributed by atoms with van der Waals surface area (Å²) in [5.74, 6) is 1.52. The fourth-order valence-corrected chi connectivity index (χ4v) is 3.67. The van der Waals surface area contributed by atoms with Crippen LogP contribution in [0.15, 0.2) is 24.3 Å². The van der Waals surface area contributed by atoms with Crippen molar-refractivity contribution in [1.82, 2.24) is 5.32 Å². The van der Waals surface area contributed by atoms with Crippen molar-refractivity contribution in [3.05, 3.63) is 29.8 Å². The molecule has 3 nitrogen and oxygen atoms in total. The van der Waals surface area contributed by atoms with E-state index >= 15 is 0 Å². The van der Waals surface area contributed by atoms with E-state index in [0.717, 1.165) is 25.2 Å². The van der Waals surface area contributed by atoms with Gasteiger partial charge in [0.25, 0.3) is 0 Å². The van der Waals surface area contributed by atoms with Crippen LogP contribution in [0.2, 0.25) is 0 Å². The van der Waals surface area contributed by atoms with E-state index in [1.807, 2.05) is 18.2 Å². The van der Waals surface area contributed by atoms with E-state index in [1.54, 1.807) is 0 Å². The molecule has 0 spiro atoms. The number of aliphatic hydroxyl groups excluding tert-OH is 1. The van der Waals surface area contributed by atoms with Crippen molar-refractivity contribution >= 4 is 0 Å². The molecular formula is C18H27NO2. The number of ether oxygens (including phenoxy) is 1. The van der Waals surface area contributed by atoms with Gasteiger partial charge in [-0.1, -0.05) is 24.6 Å². The highest BCUT2D eigenvalue weighted by molar-refractivity contribution is 5.31. The maximum atomic E-state index is 9.92. The number of hydrogen-bond donors (Lipinski definition) is 2. The Morgan fingerprint density at radius 3 is 2.81 bits per heavy atom. The van der Waals surface area contributed by atoms with Gasteiger partial charge in [0.05, 0.1) is 13.2 Å². The number of aliphatic hydroxyl groups is 1. The van der Waals surface area contributed by atoms with Crippen LogP contribution in [-0.4, -0.2) is 29.9 Å². The van der Waals surface area contributed by atoms with Gasteiger partial charge in [0.2, 0.25) is 0 Å². The fraction of sp³-hybridized carbons (Fsp3) is 0.667. The van der Waals surface area contributed by atoms with E-state index in [4.69, 9.17) is 4.74 Å². The molecular weight excluding hydrogens is 262 g/mol. The van der Waals surface area contributed by atoms with Gasteiger partial charge in [-0.2, -0.15) is 0 Å². The molecule has 0 radical (unpaired) electrons. The van der Waals surface area contributed by atoms with Crippen LogP contribution in [0.25, 0.3) is 0 Å². The molecule has 3 heteroatoms. The van der Waals surface area contributed by atoms with Crippen molar-refractivity contribution in [3.63, 3.8) is 0 Å². The molecule has 2 aliphatic rings. The van der Waals surface area contributed by atoms with Gasteiger partial charge in [-0.3, -0.25) is 0 Å². The number of aryl methyl sites for hydroxylation is 1. The number of benzene rings is 1. The highest BCUT2D eigenvalue weighted by Gasteiger charge is 2.44. The molecule has 21 heavy (non-hydrogen) atoms. The van der Waals surface area contributed by atoms with Crippen LogP contribution in [0, 0.1) is 12.8 Å². The Balaban J connectivity index is 1.55. The van der Waals surface area contributed by atoms with Crippen LogP contribution in [-0.2, 0) is 0 Å². The summed E-state index contributed by atoms with van der Waals surface area (Å²) < 4.78 is 5.95. The van der Waals surface area contributed by atoms with Gasteiger partial charge in [-0.05, 0) is 56.6 Å². The number of nitrogens with one attached hydrogen (secondary N) is 1. The second kappa shape index (κ2) is 6.37. The van der Waals surface area contributed by atoms with Gasteiger partial charge in [0, 0.05) is 11.6 Å². The largest absolute Gasteiger partial charge is 0.493 e. The first-order chi connectivity index (χ1) is 10.2. The fourth-order valence-electron chi connectivity index (χ4n) is 3.67. The molecule has 2 atom stereocenters. The summed E-state index contributed by atoms with van der Waals surface area (Å²) in [6.45, 7) is 3.08. The topological polar surface area (TPSA) is 41.5 Å². The summed E-state index contributed by atoms with van der Waals surface area (Å²) >= 11 is 0. The molecule has 0 bridgehead atoms. The van der Waals surface area contributed by atoms with Crippen LogP contribution in [0.1, 0.15) is 44.1 Å². The average Bonchev–Trinajstić information content (AvgIpc) is 3.21. The minimum atomic E-state index is -0.0454. The maximum absolute atomic E-state index is 9.92. The predicted molar refractivity (Wildman–Crippen MR) is 84.6 cm³/mol. The van der Waals surface area contributed by atoms with Gasteiger partial charge in [0.15, 0.2) is 0 Å². The Morgan fingerprint density at radius 1 is 1.29 bits per heavy atom. The zero-order chi connectivity index (χ0) is 14.7. The Morgan fingerprint density at radius 2 is 2.10 bits per heavy atom. The summed E-state index contributed by atoms with van der Waals surface area (Å²) in [5, 5.41) is 13.6. The molecule has 2 fully saturated rings. The van der Waals surface area contributed by atoms with E-state index in [2.05, 4.69) is 18.3 Å². The molecule has 2 saturated carbocycles. The molecule has 3 rings (SSSR count). The smallest absolute Gasteiger partial charge is 0.122 e. The standard InChI is InChI=1S/C18H27NO2/c1-14-5-2-3-7-17(14)21-12-10-15-6-4-11-18(15,13-20)19-16-8-9-16/h2-3,5,7,15-16,19-20H,4,6,8-13H2,1H3. The SMILES string of the molecule is Cc1ccccc1OCCC1CCCC1(CO)NC1CC1. The molecule has 2 unspecified atom stereocenters. The summed E-state index contributed by atoms with van der Waals surface area (Å²) in [6.07, 6.45) is 7.10. The van der Waals surface area contributed by atoms with Gasteiger partial charge < -0.3 is 15.2 Å². The number of rotatable bonds is 7. The molecule has 116 valence electrons. The highest BCUT2D eigenvalue weighted by atomic mass is 16.5. The first-order valence-electron chi connectivity index (χ1n) is 8.30. The van der Waals surface area contributed by atoms with Gasteiger partial charge >= 0.3 is 0 Å². The van der Waals surface area contributed by atoms with E-state index in [1.165, 1.54) is 31.2 Å². The average molecular weight is 289 g/mol. The van der Waals surface area contributed by atoms with Crippen LogP contribution in [0.3, 0.4) is 0 Å². The van der Waals surface area contributed by atoms with Crippen LogP contribution >= 0.6 is 0 Å². The van der Waals surface area contributed by atoms with Gasteiger partial charge in [0.1, 0.15) is 5.75 Å². The van der Waals surface area contributed by atoms with Crippen LogP contribution in [0.5, 0.6) is 5.75 Å². The molecule has 1 aromatic carbocycles. The Hall–Kier alpha value is -1.06. The minimum Gasteiger partial charge on any atom is -0.493 e. The summed E-state index contributed by atoms with van der Waals surface area (Å²) in [4.78, 5) is 0. The maximum Gasteiger partial charge on any atom is 0.122 e. The van der Waals surface area contributed by atoms with Crippen molar-refractivity contribution in [2.75, 3.05) is 13.2 Å². The number of para-hydroxylation sites is 1. The van der Waals surface area contributed by atoms with Crippen molar-refractivity contribution in [1.29, 1.82) is 0 Å². The van der Waals surface area contributed by atoms with Crippen LogP contribution < -0.4 is 10.1 Å². The molecule has 0 aliphatic heterocycles. The van der Waals surface area contributed by atoms with E-state index in [0.29, 0.717) is 12.0 Å². The predicted octanol–water partition coefficient (Wildman–Crippen LogP) is 3.05. The molecule has 0 heterocycles. The molecule has 0 amide bonds. The van der Waals surface area contributed by atoms with E-state index in [9.17, 15) is 5.11 Å². The normalized spacial score (nSPS) is 28.8. The minimum absolute atomic E-state index is 0.0454. The lowest BCUT2D eigenvalue weighted by Crippen LogP contribution is -2.52. The van der Waals surface area contributed by atoms with Gasteiger partial charge in [-0.15, -0.1) is 0 Å². The second-order valence-corrected chi connectivity index (χ2v) is 6.72. The third-order valence-corrected chi connectivity index (χ3v) is 5.13. The van der Waals surface area contributed by atoms with Crippen molar-refractivity contribution in [3.8, 4) is 5.75 Å². The molecule has 0 aromatic heterocycles. The Labute approximate surface area is 127 Å². The third kappa shape index (κ3) is 3.41. The Bertz CT molecular complexity index is 472. The zero-order valence-corrected chi connectivity index (χ0v) is 13.0. The van der Waals surface area contributed by atoms with Crippen molar-refractivity contribution < 1.29 is 9.84 Å². The van der Waals surface area contributed by atoms with Crippen molar-refractivity contribution in [2.45, 2.75) is 57.0 Å². The first kappa shape index (κ1) is 14.9. The molecule has 0 saturated heterocycles. The third-order valence-electron chi connectivity index (χ3n) is 5.13. The molecule has 2 N–H and O–H groups in total. The summed E-state index contributed by atoms with van der Waals surface area (Å²) in [7, 11) is 0. The van der Waals surface area contributed by atoms with E-state index in [-0.39, 0.29) is 12.1 Å². The van der Waals surface area contributed by atoms with Gasteiger partial charge in [-0.25, -0.2) is 0 Å². The lowest BCUT2D eigenvalue weighted by molar-refractivity contribution is 0.108. The van der Waals surface area contributed by atoms with Crippen molar-refractivity contribution in [2.24, 2.45) is 5.92 Å². The zero-order valence-electron chi connectivity index (χ0n) is 13.0. The summed E-state index contributed by atoms with van der Waals surface area (Å²) in [5.41, 5.74) is 1.14. The molecule has 2 aliphatic carbocycles. The lowest BCUT2D eigenvalue weighted by Gasteiger charge is -2.35. The monoisotopic (exact) mass is 289 g/mol. The van der Waals surface area contributed by atoms with E-state index < -0.39 is 0 Å². The first-order valence-corrected chi connectivity index (χ1v) is 8.30.